The molecule has 33 heavy (non-hydrogen) atoms. The smallest absolute Gasteiger partial charge is 0.266 e. The van der Waals surface area contributed by atoms with Crippen molar-refractivity contribution in [3.05, 3.63) is 97.0 Å². The summed E-state index contributed by atoms with van der Waals surface area (Å²) in [5.41, 5.74) is 6.68. The zero-order chi connectivity index (χ0) is 24.1. The highest BCUT2D eigenvalue weighted by atomic mass is 79.9. The van der Waals surface area contributed by atoms with E-state index in [1.807, 2.05) is 31.2 Å². The van der Waals surface area contributed by atoms with Crippen LogP contribution in [0.1, 0.15) is 33.4 Å². The lowest BCUT2D eigenvalue weighted by molar-refractivity contribution is -0.112. The van der Waals surface area contributed by atoms with Gasteiger partial charge in [0.15, 0.2) is 0 Å². The van der Waals surface area contributed by atoms with E-state index in [1.54, 1.807) is 25.3 Å². The van der Waals surface area contributed by atoms with Crippen molar-refractivity contribution >= 4 is 45.2 Å². The van der Waals surface area contributed by atoms with Gasteiger partial charge in [-0.05, 0) is 67.8 Å². The van der Waals surface area contributed by atoms with Crippen molar-refractivity contribution in [1.29, 1.82) is 5.26 Å². The lowest BCUT2D eigenvalue weighted by atomic mass is 9.98. The molecular weight excluding hydrogens is 500 g/mol. The fourth-order valence-electron chi connectivity index (χ4n) is 3.63. The number of anilines is 1. The summed E-state index contributed by atoms with van der Waals surface area (Å²) >= 11 is 9.77. The van der Waals surface area contributed by atoms with Gasteiger partial charge >= 0.3 is 0 Å². The molecule has 3 aromatic rings. The Labute approximate surface area is 208 Å². The molecule has 0 bridgehead atoms. The standard InChI is InChI=1S/C27H24BrClN2O2/c1-16-7-17(2)9-19(8-16)11-23-24(28)12-20(13-26(23)33-4)10-21(15-30)27(32)31-22-6-5-18(3)25(29)14-22/h5-10,12-14H,11H2,1-4H3,(H,31,32)/b21-10+. The number of amides is 1. The number of hydrogen-bond acceptors (Lipinski definition) is 3. The highest BCUT2D eigenvalue weighted by molar-refractivity contribution is 9.10. The van der Waals surface area contributed by atoms with Gasteiger partial charge in [0.1, 0.15) is 17.4 Å². The van der Waals surface area contributed by atoms with Gasteiger partial charge in [-0.15, -0.1) is 0 Å². The van der Waals surface area contributed by atoms with Gasteiger partial charge in [0.25, 0.3) is 5.91 Å². The van der Waals surface area contributed by atoms with Gasteiger partial charge in [-0.1, -0.05) is 62.9 Å². The van der Waals surface area contributed by atoms with Crippen LogP contribution in [-0.4, -0.2) is 13.0 Å². The molecule has 0 aromatic heterocycles. The molecule has 0 saturated carbocycles. The predicted octanol–water partition coefficient (Wildman–Crippen LogP) is 7.17. The van der Waals surface area contributed by atoms with Crippen molar-refractivity contribution in [3.8, 4) is 11.8 Å². The Hall–Kier alpha value is -3.07. The van der Waals surface area contributed by atoms with Crippen molar-refractivity contribution in [2.24, 2.45) is 0 Å². The minimum atomic E-state index is -0.508. The molecule has 0 fully saturated rings. The Morgan fingerprint density at radius 1 is 1.12 bits per heavy atom. The number of hydrogen-bond donors (Lipinski definition) is 1. The third-order valence-electron chi connectivity index (χ3n) is 5.16. The molecule has 1 N–H and O–H groups in total. The maximum absolute atomic E-state index is 12.7. The van der Waals surface area contributed by atoms with E-state index in [0.29, 0.717) is 28.4 Å². The van der Waals surface area contributed by atoms with Gasteiger partial charge in [0.05, 0.1) is 7.11 Å². The molecule has 0 aliphatic heterocycles. The zero-order valence-electron chi connectivity index (χ0n) is 18.9. The number of aryl methyl sites for hydroxylation is 3. The van der Waals surface area contributed by atoms with Crippen molar-refractivity contribution in [2.45, 2.75) is 27.2 Å². The molecule has 168 valence electrons. The fourth-order valence-corrected chi connectivity index (χ4v) is 4.41. The van der Waals surface area contributed by atoms with E-state index < -0.39 is 5.91 Å². The molecule has 0 aliphatic carbocycles. The monoisotopic (exact) mass is 522 g/mol. The minimum absolute atomic E-state index is 0.0253. The number of benzene rings is 3. The molecule has 0 aliphatic rings. The Bertz CT molecular complexity index is 1270. The maximum atomic E-state index is 12.7. The zero-order valence-corrected chi connectivity index (χ0v) is 21.3. The maximum Gasteiger partial charge on any atom is 0.266 e. The summed E-state index contributed by atoms with van der Waals surface area (Å²) in [6.07, 6.45) is 2.23. The summed E-state index contributed by atoms with van der Waals surface area (Å²) < 4.78 is 6.48. The Morgan fingerprint density at radius 2 is 1.82 bits per heavy atom. The number of carbonyl (C=O) groups excluding carboxylic acids is 1. The average Bonchev–Trinajstić information content (AvgIpc) is 2.75. The predicted molar refractivity (Wildman–Crippen MR) is 138 cm³/mol. The lowest BCUT2D eigenvalue weighted by Gasteiger charge is -2.14. The molecule has 0 heterocycles. The number of halogens is 2. The second kappa shape index (κ2) is 10.7. The first kappa shape index (κ1) is 24.6. The summed E-state index contributed by atoms with van der Waals surface area (Å²) in [5.74, 6) is 0.171. The first-order valence-electron chi connectivity index (χ1n) is 10.3. The molecular formula is C27H24BrClN2O2. The topological polar surface area (TPSA) is 62.1 Å². The molecule has 0 spiro atoms. The number of ether oxygens (including phenoxy) is 1. The average molecular weight is 524 g/mol. The van der Waals surface area contributed by atoms with Crippen molar-refractivity contribution in [3.63, 3.8) is 0 Å². The van der Waals surface area contributed by atoms with E-state index in [-0.39, 0.29) is 5.57 Å². The highest BCUT2D eigenvalue weighted by Crippen LogP contribution is 2.32. The van der Waals surface area contributed by atoms with Crippen molar-refractivity contribution in [1.82, 2.24) is 0 Å². The number of methoxy groups -OCH3 is 1. The molecule has 0 radical (unpaired) electrons. The second-order valence-electron chi connectivity index (χ2n) is 7.94. The Balaban J connectivity index is 1.89. The molecule has 0 atom stereocenters. The molecule has 1 amide bonds. The summed E-state index contributed by atoms with van der Waals surface area (Å²) in [5, 5.41) is 12.9. The van der Waals surface area contributed by atoms with Crippen molar-refractivity contribution in [2.75, 3.05) is 12.4 Å². The van der Waals surface area contributed by atoms with Crippen LogP contribution in [0.25, 0.3) is 6.08 Å². The van der Waals surface area contributed by atoms with Crippen LogP contribution in [0.5, 0.6) is 5.75 Å². The van der Waals surface area contributed by atoms with Gasteiger partial charge in [-0.3, -0.25) is 4.79 Å². The van der Waals surface area contributed by atoms with E-state index in [4.69, 9.17) is 16.3 Å². The van der Waals surface area contributed by atoms with E-state index in [1.165, 1.54) is 16.7 Å². The molecule has 0 saturated heterocycles. The minimum Gasteiger partial charge on any atom is -0.496 e. The van der Waals surface area contributed by atoms with E-state index in [9.17, 15) is 10.1 Å². The third kappa shape index (κ3) is 6.25. The van der Waals surface area contributed by atoms with Crippen LogP contribution in [0.2, 0.25) is 5.02 Å². The van der Waals surface area contributed by atoms with Gasteiger partial charge < -0.3 is 10.1 Å². The summed E-state index contributed by atoms with van der Waals surface area (Å²) in [7, 11) is 1.61. The molecule has 4 nitrogen and oxygen atoms in total. The number of nitriles is 1. The molecule has 0 unspecified atom stereocenters. The Morgan fingerprint density at radius 3 is 2.42 bits per heavy atom. The quantitative estimate of drug-likeness (QED) is 0.275. The van der Waals surface area contributed by atoms with E-state index in [2.05, 4.69) is 53.3 Å². The van der Waals surface area contributed by atoms with Gasteiger partial charge in [-0.25, -0.2) is 0 Å². The lowest BCUT2D eigenvalue weighted by Crippen LogP contribution is -2.13. The van der Waals surface area contributed by atoms with Crippen LogP contribution in [0.15, 0.2) is 58.6 Å². The van der Waals surface area contributed by atoms with Crippen LogP contribution in [0, 0.1) is 32.1 Å². The fraction of sp³-hybridized carbons (Fsp3) is 0.185. The van der Waals surface area contributed by atoms with Gasteiger partial charge in [0.2, 0.25) is 0 Å². The first-order valence-corrected chi connectivity index (χ1v) is 11.5. The largest absolute Gasteiger partial charge is 0.496 e. The number of rotatable bonds is 6. The normalized spacial score (nSPS) is 11.1. The van der Waals surface area contributed by atoms with Gasteiger partial charge in [-0.2, -0.15) is 5.26 Å². The summed E-state index contributed by atoms with van der Waals surface area (Å²) in [6, 6.07) is 17.4. The number of carbonyl (C=O) groups is 1. The SMILES string of the molecule is COc1cc(/C=C(\C#N)C(=O)Nc2ccc(C)c(Cl)c2)cc(Br)c1Cc1cc(C)cc(C)c1. The van der Waals surface area contributed by atoms with Crippen LogP contribution < -0.4 is 10.1 Å². The van der Waals surface area contributed by atoms with Crippen LogP contribution in [0.3, 0.4) is 0 Å². The molecule has 6 heteroatoms. The first-order chi connectivity index (χ1) is 15.7. The van der Waals surface area contributed by atoms with E-state index in [0.717, 1.165) is 15.6 Å². The highest BCUT2D eigenvalue weighted by Gasteiger charge is 2.14. The number of nitrogens with one attached hydrogen (secondary N) is 1. The molecule has 3 rings (SSSR count). The summed E-state index contributed by atoms with van der Waals surface area (Å²) in [4.78, 5) is 12.7. The number of nitrogens with zero attached hydrogens (tertiary/aromatic N) is 1. The second-order valence-corrected chi connectivity index (χ2v) is 9.21. The van der Waals surface area contributed by atoms with E-state index >= 15 is 0 Å². The van der Waals surface area contributed by atoms with Crippen LogP contribution >= 0.6 is 27.5 Å². The van der Waals surface area contributed by atoms with Crippen molar-refractivity contribution < 1.29 is 9.53 Å². The van der Waals surface area contributed by atoms with Crippen LogP contribution in [0.4, 0.5) is 5.69 Å². The van der Waals surface area contributed by atoms with Crippen LogP contribution in [-0.2, 0) is 11.2 Å². The third-order valence-corrected chi connectivity index (χ3v) is 6.28. The Kier molecular flexibility index (Phi) is 7.97. The molecule has 3 aromatic carbocycles. The van der Waals surface area contributed by atoms with Gasteiger partial charge in [0, 0.05) is 27.2 Å². The summed E-state index contributed by atoms with van der Waals surface area (Å²) in [6.45, 7) is 6.04.